The second-order valence-corrected chi connectivity index (χ2v) is 11.9. The number of fused-ring (bicyclic) bond motifs is 6. The molecule has 0 saturated carbocycles. The average molecular weight is 598 g/mol. The predicted molar refractivity (Wildman–Crippen MR) is 191 cm³/mol. The first-order valence-electron chi connectivity index (χ1n) is 14.8. The molecule has 2 heterocycles. The number of furan rings is 1. The van der Waals surface area contributed by atoms with Gasteiger partial charge >= 0.3 is 0 Å². The zero-order valence-corrected chi connectivity index (χ0v) is 25.2. The number of benzene rings is 6. The lowest BCUT2D eigenvalue weighted by Crippen LogP contribution is -2.08. The van der Waals surface area contributed by atoms with Gasteiger partial charge in [-0.15, -0.1) is 11.3 Å². The van der Waals surface area contributed by atoms with Crippen LogP contribution in [-0.2, 0) is 6.54 Å². The summed E-state index contributed by atoms with van der Waals surface area (Å²) in [4.78, 5) is 15.1. The minimum absolute atomic E-state index is 0.479. The monoisotopic (exact) mass is 597 g/mol. The molecule has 214 valence electrons. The van der Waals surface area contributed by atoms with Crippen LogP contribution in [0.2, 0.25) is 0 Å². The molecule has 8 aromatic rings. The molecule has 0 fully saturated rings. The molecule has 6 aromatic carbocycles. The van der Waals surface area contributed by atoms with Crippen molar-refractivity contribution in [3.63, 3.8) is 0 Å². The van der Waals surface area contributed by atoms with Gasteiger partial charge in [0.05, 0.1) is 6.54 Å². The second-order valence-electron chi connectivity index (χ2n) is 10.8. The molecule has 0 bridgehead atoms. The summed E-state index contributed by atoms with van der Waals surface area (Å²) in [5.74, 6) is 1.11. The van der Waals surface area contributed by atoms with E-state index in [2.05, 4.69) is 90.6 Å². The van der Waals surface area contributed by atoms with E-state index < -0.39 is 0 Å². The Bertz CT molecular complexity index is 2420. The van der Waals surface area contributed by atoms with Gasteiger partial charge in [0, 0.05) is 42.1 Å². The van der Waals surface area contributed by atoms with Crippen molar-refractivity contribution in [3.8, 4) is 11.1 Å². The van der Waals surface area contributed by atoms with Crippen LogP contribution >= 0.6 is 11.3 Å². The zero-order chi connectivity index (χ0) is 30.2. The fourth-order valence-corrected chi connectivity index (χ4v) is 7.20. The van der Waals surface area contributed by atoms with E-state index in [1.54, 1.807) is 11.3 Å². The van der Waals surface area contributed by atoms with Crippen LogP contribution in [0.15, 0.2) is 159 Å². The summed E-state index contributed by atoms with van der Waals surface area (Å²) in [6.45, 7) is 4.53. The number of nitrogens with zero attached hydrogens (tertiary/aromatic N) is 3. The number of thiophene rings is 1. The number of para-hydroxylation sites is 1. The third-order valence-corrected chi connectivity index (χ3v) is 9.25. The molecule has 4 nitrogen and oxygen atoms in total. The van der Waals surface area contributed by atoms with Crippen LogP contribution in [-0.4, -0.2) is 18.4 Å². The average Bonchev–Trinajstić information content (AvgIpc) is 3.68. The Hall–Kier alpha value is -5.65. The van der Waals surface area contributed by atoms with Crippen molar-refractivity contribution in [3.05, 3.63) is 156 Å². The minimum atomic E-state index is 0.479. The normalized spacial score (nSPS) is 12.4. The predicted octanol–water partition coefficient (Wildman–Crippen LogP) is 10.7. The van der Waals surface area contributed by atoms with Gasteiger partial charge in [-0.05, 0) is 53.7 Å². The number of rotatable bonds is 5. The van der Waals surface area contributed by atoms with Crippen LogP contribution in [0.5, 0.6) is 0 Å². The van der Waals surface area contributed by atoms with Gasteiger partial charge in [-0.25, -0.2) is 9.98 Å². The molecule has 0 spiro atoms. The molecule has 0 atom stereocenters. The maximum atomic E-state index is 6.32. The van der Waals surface area contributed by atoms with E-state index in [9.17, 15) is 0 Å². The lowest BCUT2D eigenvalue weighted by molar-refractivity contribution is 0.669. The molecule has 2 aromatic heterocycles. The van der Waals surface area contributed by atoms with Gasteiger partial charge in [0.2, 0.25) is 0 Å². The molecule has 0 aliphatic heterocycles. The summed E-state index contributed by atoms with van der Waals surface area (Å²) in [6.07, 6.45) is 0. The Morgan fingerprint density at radius 2 is 1.31 bits per heavy atom. The van der Waals surface area contributed by atoms with E-state index in [0.29, 0.717) is 18.2 Å². The number of hydrogen-bond donors (Lipinski definition) is 0. The van der Waals surface area contributed by atoms with Crippen molar-refractivity contribution in [2.75, 3.05) is 0 Å². The smallest absolute Gasteiger partial charge is 0.162 e. The number of amidine groups is 2. The van der Waals surface area contributed by atoms with E-state index in [1.165, 1.54) is 14.8 Å². The maximum Gasteiger partial charge on any atom is 0.162 e. The standard InChI is InChI=1S/C40H27N3OS/c1-41-40(38-28(27-15-6-3-7-16-27)23-24-33-37(38)29-17-8-10-20-32(29)44-33)43-39(42-25-26-13-4-2-5-14-26)31-19-12-22-35-36(31)30-18-9-11-21-34(30)45-35/h2-24H,1,25H2/b42-39-,43-40-. The molecule has 0 amide bonds. The molecule has 0 saturated heterocycles. The zero-order valence-electron chi connectivity index (χ0n) is 24.4. The molecule has 0 N–H and O–H groups in total. The van der Waals surface area contributed by atoms with Crippen molar-refractivity contribution in [1.82, 2.24) is 0 Å². The van der Waals surface area contributed by atoms with E-state index in [1.807, 2.05) is 60.7 Å². The highest BCUT2D eigenvalue weighted by Gasteiger charge is 2.21. The van der Waals surface area contributed by atoms with Gasteiger partial charge in [0.25, 0.3) is 0 Å². The maximum absolute atomic E-state index is 6.32. The second kappa shape index (κ2) is 11.5. The molecule has 45 heavy (non-hydrogen) atoms. The van der Waals surface area contributed by atoms with Crippen LogP contribution in [0.1, 0.15) is 16.7 Å². The Balaban J connectivity index is 1.43. The van der Waals surface area contributed by atoms with Gasteiger partial charge in [-0.2, -0.15) is 0 Å². The van der Waals surface area contributed by atoms with E-state index in [4.69, 9.17) is 14.4 Å². The van der Waals surface area contributed by atoms with Crippen molar-refractivity contribution < 1.29 is 4.42 Å². The Kier molecular flexibility index (Phi) is 6.86. The van der Waals surface area contributed by atoms with Crippen molar-refractivity contribution in [2.24, 2.45) is 15.0 Å². The summed E-state index contributed by atoms with van der Waals surface area (Å²) in [5.41, 5.74) is 6.59. The van der Waals surface area contributed by atoms with Crippen molar-refractivity contribution in [2.45, 2.75) is 6.54 Å². The largest absolute Gasteiger partial charge is 0.456 e. The van der Waals surface area contributed by atoms with Gasteiger partial charge in [-0.1, -0.05) is 109 Å². The highest BCUT2D eigenvalue weighted by atomic mass is 32.1. The lowest BCUT2D eigenvalue weighted by atomic mass is 9.94. The third kappa shape index (κ3) is 4.84. The van der Waals surface area contributed by atoms with Crippen LogP contribution in [0.3, 0.4) is 0 Å². The van der Waals surface area contributed by atoms with Crippen LogP contribution in [0.4, 0.5) is 0 Å². The fraction of sp³-hybridized carbons (Fsp3) is 0.0250. The van der Waals surface area contributed by atoms with Crippen molar-refractivity contribution >= 4 is 71.8 Å². The van der Waals surface area contributed by atoms with Crippen LogP contribution in [0, 0.1) is 0 Å². The van der Waals surface area contributed by atoms with Gasteiger partial charge in [-0.3, -0.25) is 4.99 Å². The summed E-state index contributed by atoms with van der Waals surface area (Å²) >= 11 is 1.78. The Morgan fingerprint density at radius 3 is 2.13 bits per heavy atom. The quantitative estimate of drug-likeness (QED) is 0.144. The topological polar surface area (TPSA) is 50.2 Å². The molecule has 0 unspecified atom stereocenters. The Morgan fingerprint density at radius 1 is 0.600 bits per heavy atom. The van der Waals surface area contributed by atoms with Gasteiger partial charge < -0.3 is 4.42 Å². The van der Waals surface area contributed by atoms with Crippen LogP contribution < -0.4 is 0 Å². The fourth-order valence-electron chi connectivity index (χ4n) is 6.07. The SMILES string of the molecule is C=N/C(=N\C(=N/Cc1ccccc1)c1cccc2sc3ccccc3c12)c1c(-c2ccccc2)ccc2oc3ccccc3c12. The summed E-state index contributed by atoms with van der Waals surface area (Å²) in [5, 5.41) is 4.30. The molecule has 0 aliphatic rings. The molecular weight excluding hydrogens is 571 g/mol. The van der Waals surface area contributed by atoms with Gasteiger partial charge in [0.15, 0.2) is 11.7 Å². The summed E-state index contributed by atoms with van der Waals surface area (Å²) in [6, 6.07) is 47.7. The number of aliphatic imine (C=N–C) groups is 3. The highest BCUT2D eigenvalue weighted by Crippen LogP contribution is 2.39. The molecule has 0 aliphatic carbocycles. The van der Waals surface area contributed by atoms with Crippen LogP contribution in [0.25, 0.3) is 53.2 Å². The molecule has 5 heteroatoms. The van der Waals surface area contributed by atoms with Gasteiger partial charge in [0.1, 0.15) is 11.2 Å². The summed E-state index contributed by atoms with van der Waals surface area (Å²) < 4.78 is 8.75. The first-order valence-corrected chi connectivity index (χ1v) is 15.6. The minimum Gasteiger partial charge on any atom is -0.456 e. The molecular formula is C40H27N3OS. The van der Waals surface area contributed by atoms with E-state index in [0.717, 1.165) is 55.1 Å². The number of hydrogen-bond acceptors (Lipinski definition) is 3. The molecule has 8 rings (SSSR count). The summed E-state index contributed by atoms with van der Waals surface area (Å²) in [7, 11) is 0. The Labute approximate surface area is 264 Å². The first kappa shape index (κ1) is 26.9. The molecule has 0 radical (unpaired) electrons. The first-order chi connectivity index (χ1) is 22.3. The lowest BCUT2D eigenvalue weighted by Gasteiger charge is -2.13. The highest BCUT2D eigenvalue weighted by molar-refractivity contribution is 7.25. The van der Waals surface area contributed by atoms with Crippen molar-refractivity contribution in [1.29, 1.82) is 0 Å². The van der Waals surface area contributed by atoms with E-state index in [-0.39, 0.29) is 0 Å². The van der Waals surface area contributed by atoms with E-state index >= 15 is 0 Å². The third-order valence-electron chi connectivity index (χ3n) is 8.11.